The molecule has 0 spiro atoms. The lowest BCUT2D eigenvalue weighted by atomic mass is 9.89. The summed E-state index contributed by atoms with van der Waals surface area (Å²) in [6, 6.07) is 12.8. The predicted molar refractivity (Wildman–Crippen MR) is 90.0 cm³/mol. The first-order chi connectivity index (χ1) is 11.5. The van der Waals surface area contributed by atoms with Crippen molar-refractivity contribution in [3.05, 3.63) is 65.0 Å². The molecule has 5 heteroatoms. The summed E-state index contributed by atoms with van der Waals surface area (Å²) in [6.07, 6.45) is 0.651. The number of anilines is 1. The second kappa shape index (κ2) is 6.83. The van der Waals surface area contributed by atoms with E-state index in [1.165, 1.54) is 6.07 Å². The Morgan fingerprint density at radius 3 is 2.58 bits per heavy atom. The van der Waals surface area contributed by atoms with Crippen LogP contribution in [0.4, 0.5) is 10.1 Å². The zero-order valence-electron chi connectivity index (χ0n) is 13.4. The number of rotatable bonds is 4. The Labute approximate surface area is 140 Å². The molecule has 0 atom stereocenters. The summed E-state index contributed by atoms with van der Waals surface area (Å²) in [5, 5.41) is 5.63. The van der Waals surface area contributed by atoms with Gasteiger partial charge < -0.3 is 5.32 Å². The van der Waals surface area contributed by atoms with Crippen LogP contribution in [0.2, 0.25) is 0 Å². The van der Waals surface area contributed by atoms with Crippen LogP contribution in [-0.4, -0.2) is 11.8 Å². The number of halogens is 1. The molecule has 3 rings (SSSR count). The van der Waals surface area contributed by atoms with Crippen LogP contribution in [0.15, 0.2) is 42.5 Å². The summed E-state index contributed by atoms with van der Waals surface area (Å²) in [5.74, 6) is -0.741. The first kappa shape index (κ1) is 16.2. The summed E-state index contributed by atoms with van der Waals surface area (Å²) in [4.78, 5) is 23.1. The van der Waals surface area contributed by atoms with E-state index in [1.807, 2.05) is 30.3 Å². The van der Waals surface area contributed by atoms with Gasteiger partial charge in [-0.15, -0.1) is 0 Å². The molecule has 4 nitrogen and oxygen atoms in total. The van der Waals surface area contributed by atoms with Gasteiger partial charge in [-0.1, -0.05) is 24.3 Å². The average molecular weight is 326 g/mol. The van der Waals surface area contributed by atoms with Crippen molar-refractivity contribution in [2.24, 2.45) is 0 Å². The van der Waals surface area contributed by atoms with Crippen molar-refractivity contribution in [1.82, 2.24) is 5.32 Å². The topological polar surface area (TPSA) is 58.2 Å². The van der Waals surface area contributed by atoms with Gasteiger partial charge in [0.05, 0.1) is 0 Å². The van der Waals surface area contributed by atoms with E-state index in [-0.39, 0.29) is 23.5 Å². The van der Waals surface area contributed by atoms with Crippen LogP contribution >= 0.6 is 0 Å². The Morgan fingerprint density at radius 2 is 1.88 bits per heavy atom. The van der Waals surface area contributed by atoms with E-state index >= 15 is 0 Å². The Morgan fingerprint density at radius 1 is 1.12 bits per heavy atom. The van der Waals surface area contributed by atoms with E-state index in [0.717, 1.165) is 16.8 Å². The first-order valence-corrected chi connectivity index (χ1v) is 7.93. The maximum atomic E-state index is 13.3. The lowest BCUT2D eigenvalue weighted by molar-refractivity contribution is -0.133. The van der Waals surface area contributed by atoms with Gasteiger partial charge in [0, 0.05) is 31.0 Å². The smallest absolute Gasteiger partial charge is 0.227 e. The second-order valence-corrected chi connectivity index (χ2v) is 6.14. The van der Waals surface area contributed by atoms with Gasteiger partial charge in [0.2, 0.25) is 11.8 Å². The number of hydrogen-bond donors (Lipinski definition) is 2. The number of carbonyl (C=O) groups excluding carboxylic acids is 2. The van der Waals surface area contributed by atoms with Crippen molar-refractivity contribution >= 4 is 17.5 Å². The van der Waals surface area contributed by atoms with Crippen LogP contribution in [0.5, 0.6) is 0 Å². The number of amides is 2. The summed E-state index contributed by atoms with van der Waals surface area (Å²) in [5.41, 5.74) is 3.49. The van der Waals surface area contributed by atoms with Crippen LogP contribution in [0.3, 0.4) is 0 Å². The van der Waals surface area contributed by atoms with Gasteiger partial charge in [-0.3, -0.25) is 14.9 Å². The molecule has 0 saturated carbocycles. The fourth-order valence-corrected chi connectivity index (χ4v) is 2.94. The molecule has 0 radical (unpaired) electrons. The number of nitrogens with one attached hydrogen (secondary N) is 2. The highest BCUT2D eigenvalue weighted by atomic mass is 19.1. The molecule has 2 aromatic rings. The molecule has 2 aromatic carbocycles. The molecule has 24 heavy (non-hydrogen) atoms. The molecule has 0 bridgehead atoms. The van der Waals surface area contributed by atoms with Crippen LogP contribution in [-0.2, 0) is 16.1 Å². The van der Waals surface area contributed by atoms with E-state index < -0.39 is 0 Å². The molecule has 0 aliphatic carbocycles. The Hall–Kier alpha value is -2.69. The van der Waals surface area contributed by atoms with Crippen LogP contribution < -0.4 is 10.6 Å². The van der Waals surface area contributed by atoms with Gasteiger partial charge in [0.15, 0.2) is 0 Å². The van der Waals surface area contributed by atoms with E-state index in [1.54, 1.807) is 13.0 Å². The van der Waals surface area contributed by atoms with Gasteiger partial charge in [-0.25, -0.2) is 4.39 Å². The van der Waals surface area contributed by atoms with E-state index in [4.69, 9.17) is 0 Å². The Balaban J connectivity index is 1.70. The third-order valence-corrected chi connectivity index (χ3v) is 4.22. The third kappa shape index (κ3) is 3.79. The highest BCUT2D eigenvalue weighted by Crippen LogP contribution is 2.28. The second-order valence-electron chi connectivity index (χ2n) is 6.14. The maximum absolute atomic E-state index is 13.3. The quantitative estimate of drug-likeness (QED) is 0.848. The molecule has 1 heterocycles. The summed E-state index contributed by atoms with van der Waals surface area (Å²) < 4.78 is 13.3. The number of benzene rings is 2. The average Bonchev–Trinajstić information content (AvgIpc) is 2.55. The van der Waals surface area contributed by atoms with Gasteiger partial charge in [-0.05, 0) is 41.8 Å². The molecule has 1 saturated heterocycles. The van der Waals surface area contributed by atoms with Crippen molar-refractivity contribution in [2.75, 3.05) is 5.32 Å². The van der Waals surface area contributed by atoms with Crippen molar-refractivity contribution in [3.63, 3.8) is 0 Å². The molecule has 124 valence electrons. The Bertz CT molecular complexity index is 773. The zero-order valence-corrected chi connectivity index (χ0v) is 13.4. The highest BCUT2D eigenvalue weighted by Gasteiger charge is 2.26. The van der Waals surface area contributed by atoms with Gasteiger partial charge in [0.1, 0.15) is 5.82 Å². The van der Waals surface area contributed by atoms with Crippen LogP contribution in [0.25, 0.3) is 0 Å². The van der Waals surface area contributed by atoms with Crippen molar-refractivity contribution < 1.29 is 14.0 Å². The third-order valence-electron chi connectivity index (χ3n) is 4.22. The predicted octanol–water partition coefficient (Wildman–Crippen LogP) is 3.27. The lowest BCUT2D eigenvalue weighted by Gasteiger charge is -2.21. The van der Waals surface area contributed by atoms with Crippen LogP contribution in [0.1, 0.15) is 35.4 Å². The molecular formula is C19H19FN2O2. The van der Waals surface area contributed by atoms with E-state index in [2.05, 4.69) is 10.6 Å². The lowest BCUT2D eigenvalue weighted by Crippen LogP contribution is -2.37. The monoisotopic (exact) mass is 326 g/mol. The minimum atomic E-state index is -0.226. The normalized spacial score (nSPS) is 15.2. The largest absolute Gasteiger partial charge is 0.381 e. The summed E-state index contributed by atoms with van der Waals surface area (Å²) in [7, 11) is 0. The minimum Gasteiger partial charge on any atom is -0.381 e. The molecular weight excluding hydrogens is 307 g/mol. The molecule has 2 amide bonds. The molecule has 1 aliphatic rings. The van der Waals surface area contributed by atoms with Crippen molar-refractivity contribution in [2.45, 2.75) is 32.2 Å². The van der Waals surface area contributed by atoms with Gasteiger partial charge in [0.25, 0.3) is 0 Å². The number of hydrogen-bond acceptors (Lipinski definition) is 3. The van der Waals surface area contributed by atoms with E-state index in [9.17, 15) is 14.0 Å². The highest BCUT2D eigenvalue weighted by molar-refractivity contribution is 5.98. The first-order valence-electron chi connectivity index (χ1n) is 7.93. The van der Waals surface area contributed by atoms with Crippen LogP contribution in [0, 0.1) is 12.7 Å². The maximum Gasteiger partial charge on any atom is 0.227 e. The van der Waals surface area contributed by atoms with E-state index in [0.29, 0.717) is 24.9 Å². The number of piperidine rings is 1. The Kier molecular flexibility index (Phi) is 4.60. The number of carbonyl (C=O) groups is 2. The molecule has 1 aliphatic heterocycles. The molecule has 0 aromatic heterocycles. The zero-order chi connectivity index (χ0) is 17.1. The molecule has 0 unspecified atom stereocenters. The van der Waals surface area contributed by atoms with Gasteiger partial charge >= 0.3 is 0 Å². The van der Waals surface area contributed by atoms with Crippen molar-refractivity contribution in [1.29, 1.82) is 0 Å². The standard InChI is InChI=1S/C19H19FN2O2/c1-12-7-13(5-6-17(12)20)11-21-16-4-2-3-14(8-16)15-9-18(23)22-19(24)10-15/h2-8,15,21H,9-11H2,1H3,(H,22,23,24). The number of imide groups is 1. The molecule has 2 N–H and O–H groups in total. The fourth-order valence-electron chi connectivity index (χ4n) is 2.94. The fraction of sp³-hybridized carbons (Fsp3) is 0.263. The molecule has 1 fully saturated rings. The van der Waals surface area contributed by atoms with Crippen molar-refractivity contribution in [3.8, 4) is 0 Å². The summed E-state index contributed by atoms with van der Waals surface area (Å²) >= 11 is 0. The number of aryl methyl sites for hydroxylation is 1. The summed E-state index contributed by atoms with van der Waals surface area (Å²) in [6.45, 7) is 2.32. The van der Waals surface area contributed by atoms with Gasteiger partial charge in [-0.2, -0.15) is 0 Å². The SMILES string of the molecule is Cc1cc(CNc2cccc(C3CC(=O)NC(=O)C3)c2)ccc1F. The minimum absolute atomic E-state index is 0.0823.